The number of rotatable bonds is 3. The van der Waals surface area contributed by atoms with Gasteiger partial charge in [0.15, 0.2) is 0 Å². The summed E-state index contributed by atoms with van der Waals surface area (Å²) in [6.07, 6.45) is -0.918. The van der Waals surface area contributed by atoms with Crippen LogP contribution in [0.2, 0.25) is 5.02 Å². The van der Waals surface area contributed by atoms with Crippen LogP contribution in [0.5, 0.6) is 0 Å². The maximum Gasteiger partial charge on any atom is 0.245 e. The van der Waals surface area contributed by atoms with Crippen molar-refractivity contribution >= 4 is 23.3 Å². The number of fused-ring (bicyclic) bond motifs is 1. The highest BCUT2D eigenvalue weighted by atomic mass is 35.5. The van der Waals surface area contributed by atoms with Gasteiger partial charge >= 0.3 is 0 Å². The average Bonchev–Trinajstić information content (AvgIpc) is 3.08. The van der Waals surface area contributed by atoms with Crippen molar-refractivity contribution in [3.63, 3.8) is 0 Å². The molecule has 3 aliphatic heterocycles. The molecule has 134 valence electrons. The Labute approximate surface area is 148 Å². The Morgan fingerprint density at radius 1 is 1.40 bits per heavy atom. The van der Waals surface area contributed by atoms with E-state index in [-0.39, 0.29) is 30.6 Å². The van der Waals surface area contributed by atoms with Gasteiger partial charge < -0.3 is 14.9 Å². The van der Waals surface area contributed by atoms with Gasteiger partial charge in [0.2, 0.25) is 12.3 Å². The Hall–Kier alpha value is -1.93. The lowest BCUT2D eigenvalue weighted by Gasteiger charge is -2.38. The van der Waals surface area contributed by atoms with Gasteiger partial charge in [-0.25, -0.2) is 13.8 Å². The third-order valence-corrected chi connectivity index (χ3v) is 5.09. The highest BCUT2D eigenvalue weighted by molar-refractivity contribution is 6.30. The van der Waals surface area contributed by atoms with Crippen LogP contribution in [0.1, 0.15) is 18.4 Å². The van der Waals surface area contributed by atoms with Crippen molar-refractivity contribution in [2.45, 2.75) is 38.0 Å². The minimum absolute atomic E-state index is 0.00551. The molecule has 0 bridgehead atoms. The Kier molecular flexibility index (Phi) is 4.04. The molecule has 1 aromatic rings. The van der Waals surface area contributed by atoms with E-state index >= 15 is 0 Å². The molecule has 2 saturated heterocycles. The summed E-state index contributed by atoms with van der Waals surface area (Å²) in [6, 6.07) is 3.79. The number of hydrazone groups is 1. The van der Waals surface area contributed by atoms with Crippen LogP contribution in [0.3, 0.4) is 0 Å². The lowest BCUT2D eigenvalue weighted by molar-refractivity contribution is -0.149. The number of hydrogen-bond donors (Lipinski definition) is 1. The molecular formula is C16H17ClF2N4O2. The molecule has 1 N–H and O–H groups in total. The summed E-state index contributed by atoms with van der Waals surface area (Å²) in [5, 5.41) is 16.4. The minimum Gasteiger partial charge on any atom is -0.355 e. The number of carbonyl (C=O) groups is 1. The van der Waals surface area contributed by atoms with Crippen LogP contribution >= 0.6 is 11.6 Å². The van der Waals surface area contributed by atoms with Gasteiger partial charge in [-0.05, 0) is 24.1 Å². The largest absolute Gasteiger partial charge is 0.355 e. The molecular weight excluding hydrogens is 354 g/mol. The van der Waals surface area contributed by atoms with Crippen LogP contribution in [0.4, 0.5) is 8.78 Å². The van der Waals surface area contributed by atoms with Gasteiger partial charge in [0, 0.05) is 6.42 Å². The van der Waals surface area contributed by atoms with E-state index in [0.717, 1.165) is 0 Å². The van der Waals surface area contributed by atoms with E-state index in [2.05, 4.69) is 5.10 Å². The maximum atomic E-state index is 13.3. The van der Waals surface area contributed by atoms with Crippen molar-refractivity contribution in [1.29, 1.82) is 0 Å². The number of likely N-dealkylation sites (tertiary alicyclic amines) is 1. The topological polar surface area (TPSA) is 59.4 Å². The van der Waals surface area contributed by atoms with Crippen LogP contribution in [0, 0.1) is 5.82 Å². The van der Waals surface area contributed by atoms with Crippen LogP contribution in [-0.2, 0) is 11.3 Å². The normalized spacial score (nSPS) is 25.9. The third-order valence-electron chi connectivity index (χ3n) is 4.80. The van der Waals surface area contributed by atoms with Crippen molar-refractivity contribution in [1.82, 2.24) is 14.8 Å². The predicted octanol–water partition coefficient (Wildman–Crippen LogP) is 1.53. The predicted molar refractivity (Wildman–Crippen MR) is 86.7 cm³/mol. The SMILES string of the molecule is O=C(C1CCC2=NN(Cc3ccc(F)c(Cl)c3)C(O)N21)N1CC(F)C1. The number of aliphatic hydroxyl groups is 1. The maximum absolute atomic E-state index is 13.3. The average molecular weight is 371 g/mol. The van der Waals surface area contributed by atoms with Crippen LogP contribution < -0.4 is 0 Å². The quantitative estimate of drug-likeness (QED) is 0.876. The van der Waals surface area contributed by atoms with E-state index in [4.69, 9.17) is 11.6 Å². The first-order chi connectivity index (χ1) is 11.9. The van der Waals surface area contributed by atoms with Gasteiger partial charge in [0.05, 0.1) is 24.7 Å². The fourth-order valence-corrected chi connectivity index (χ4v) is 3.66. The second-order valence-electron chi connectivity index (χ2n) is 6.51. The summed E-state index contributed by atoms with van der Waals surface area (Å²) in [7, 11) is 0. The lowest BCUT2D eigenvalue weighted by atomic mass is 10.1. The van der Waals surface area contributed by atoms with E-state index in [9.17, 15) is 18.7 Å². The summed E-state index contributed by atoms with van der Waals surface area (Å²) in [5.41, 5.74) is 0.696. The van der Waals surface area contributed by atoms with Crippen LogP contribution in [-0.4, -0.2) is 63.3 Å². The number of alkyl halides is 1. The summed E-state index contributed by atoms with van der Waals surface area (Å²) in [6.45, 7) is 0.464. The molecule has 3 heterocycles. The van der Waals surface area contributed by atoms with Crippen molar-refractivity contribution < 1.29 is 18.7 Å². The van der Waals surface area contributed by atoms with Crippen molar-refractivity contribution in [3.05, 3.63) is 34.6 Å². The number of amides is 1. The van der Waals surface area contributed by atoms with E-state index in [1.54, 1.807) is 11.0 Å². The molecule has 0 saturated carbocycles. The highest BCUT2D eigenvalue weighted by Crippen LogP contribution is 2.32. The van der Waals surface area contributed by atoms with Crippen molar-refractivity contribution in [3.8, 4) is 0 Å². The van der Waals surface area contributed by atoms with Crippen molar-refractivity contribution in [2.75, 3.05) is 13.1 Å². The van der Waals surface area contributed by atoms with Gasteiger partial charge in [0.25, 0.3) is 0 Å². The fourth-order valence-electron chi connectivity index (χ4n) is 3.45. The zero-order chi connectivity index (χ0) is 17.7. The lowest BCUT2D eigenvalue weighted by Crippen LogP contribution is -2.58. The number of carbonyl (C=O) groups excluding carboxylic acids is 1. The second kappa shape index (κ2) is 6.10. The molecule has 9 heteroatoms. The number of aliphatic hydroxyl groups excluding tert-OH is 1. The molecule has 1 aromatic carbocycles. The number of amidine groups is 1. The molecule has 2 atom stereocenters. The summed E-state index contributed by atoms with van der Waals surface area (Å²) in [5.74, 6) is -0.0492. The Morgan fingerprint density at radius 3 is 2.84 bits per heavy atom. The fraction of sp³-hybridized carbons (Fsp3) is 0.500. The first-order valence-corrected chi connectivity index (χ1v) is 8.49. The molecule has 0 spiro atoms. The number of benzene rings is 1. The number of hydrogen-bond acceptors (Lipinski definition) is 5. The molecule has 6 nitrogen and oxygen atoms in total. The van der Waals surface area contributed by atoms with Crippen LogP contribution in [0.15, 0.2) is 23.3 Å². The summed E-state index contributed by atoms with van der Waals surface area (Å²) < 4.78 is 26.3. The Bertz CT molecular complexity index is 741. The van der Waals surface area contributed by atoms with E-state index in [1.807, 2.05) is 0 Å². The number of nitrogens with zero attached hydrogens (tertiary/aromatic N) is 4. The molecule has 3 aliphatic rings. The monoisotopic (exact) mass is 370 g/mol. The molecule has 25 heavy (non-hydrogen) atoms. The van der Waals surface area contributed by atoms with Gasteiger partial charge in [-0.15, -0.1) is 0 Å². The van der Waals surface area contributed by atoms with Gasteiger partial charge in [0.1, 0.15) is 23.9 Å². The van der Waals surface area contributed by atoms with E-state index in [1.165, 1.54) is 22.0 Å². The molecule has 0 aromatic heterocycles. The Morgan fingerprint density at radius 2 is 2.16 bits per heavy atom. The van der Waals surface area contributed by atoms with Crippen molar-refractivity contribution in [2.24, 2.45) is 5.10 Å². The molecule has 0 radical (unpaired) electrons. The molecule has 2 fully saturated rings. The van der Waals surface area contributed by atoms with Gasteiger partial charge in [-0.3, -0.25) is 4.79 Å². The summed E-state index contributed by atoms with van der Waals surface area (Å²) >= 11 is 5.78. The molecule has 2 unspecified atom stereocenters. The standard InChI is InChI=1S/C16H17ClF2N4O2/c17-11-5-9(1-2-12(11)19)6-22-16(25)23-13(3-4-14(23)20-22)15(24)21-7-10(18)8-21/h1-2,5,10,13,16,25H,3-4,6-8H2. The molecule has 1 amide bonds. The second-order valence-corrected chi connectivity index (χ2v) is 6.92. The zero-order valence-corrected chi connectivity index (χ0v) is 14.0. The van der Waals surface area contributed by atoms with Crippen LogP contribution in [0.25, 0.3) is 0 Å². The molecule has 0 aliphatic carbocycles. The van der Waals surface area contributed by atoms with E-state index in [0.29, 0.717) is 24.2 Å². The third kappa shape index (κ3) is 2.83. The first kappa shape index (κ1) is 16.5. The number of halogens is 3. The smallest absolute Gasteiger partial charge is 0.245 e. The van der Waals surface area contributed by atoms with Gasteiger partial charge in [-0.2, -0.15) is 5.10 Å². The van der Waals surface area contributed by atoms with Gasteiger partial charge in [-0.1, -0.05) is 17.7 Å². The van der Waals surface area contributed by atoms with E-state index < -0.39 is 24.4 Å². The minimum atomic E-state index is -1.09. The molecule has 4 rings (SSSR count). The zero-order valence-electron chi connectivity index (χ0n) is 13.3. The summed E-state index contributed by atoms with van der Waals surface area (Å²) in [4.78, 5) is 15.5. The Balaban J connectivity index is 1.47. The first-order valence-electron chi connectivity index (χ1n) is 8.11. The highest BCUT2D eigenvalue weighted by Gasteiger charge is 2.47.